The Morgan fingerprint density at radius 3 is 2.79 bits per heavy atom. The maximum absolute atomic E-state index is 5.30. The molecule has 2 heterocycles. The number of aromatic nitrogens is 2. The van der Waals surface area contributed by atoms with Crippen molar-refractivity contribution in [3.05, 3.63) is 18.2 Å². The standard InChI is InChI=1S/C10H17N3O/c1-10-11-2-3-13(10)5-4-12-6-8-14-9-7-12/h2-3H,4-9H2,1H3. The molecule has 0 unspecified atom stereocenters. The van der Waals surface area contributed by atoms with Crippen LogP contribution in [-0.2, 0) is 11.3 Å². The van der Waals surface area contributed by atoms with Gasteiger partial charge in [-0.1, -0.05) is 0 Å². The molecular formula is C10H17N3O. The lowest BCUT2D eigenvalue weighted by molar-refractivity contribution is 0.0363. The van der Waals surface area contributed by atoms with Crippen LogP contribution >= 0.6 is 0 Å². The molecule has 0 amide bonds. The van der Waals surface area contributed by atoms with Crippen LogP contribution in [0.15, 0.2) is 12.4 Å². The van der Waals surface area contributed by atoms with E-state index in [9.17, 15) is 0 Å². The second-order valence-electron chi connectivity index (χ2n) is 3.62. The van der Waals surface area contributed by atoms with Gasteiger partial charge in [0.05, 0.1) is 13.2 Å². The highest BCUT2D eigenvalue weighted by atomic mass is 16.5. The predicted molar refractivity (Wildman–Crippen MR) is 54.2 cm³/mol. The number of hydrogen-bond donors (Lipinski definition) is 0. The van der Waals surface area contributed by atoms with Gasteiger partial charge in [-0.3, -0.25) is 4.90 Å². The van der Waals surface area contributed by atoms with Gasteiger partial charge in [0.2, 0.25) is 0 Å². The summed E-state index contributed by atoms with van der Waals surface area (Å²) in [6, 6.07) is 0. The first kappa shape index (κ1) is 9.68. The largest absolute Gasteiger partial charge is 0.379 e. The molecule has 2 rings (SSSR count). The predicted octanol–water partition coefficient (Wildman–Crippen LogP) is 0.524. The lowest BCUT2D eigenvalue weighted by Crippen LogP contribution is -2.38. The summed E-state index contributed by atoms with van der Waals surface area (Å²) in [6.07, 6.45) is 3.89. The highest BCUT2D eigenvalue weighted by Gasteiger charge is 2.09. The maximum Gasteiger partial charge on any atom is 0.105 e. The van der Waals surface area contributed by atoms with Crippen molar-refractivity contribution in [2.24, 2.45) is 0 Å². The molecule has 1 fully saturated rings. The number of ether oxygens (including phenoxy) is 1. The lowest BCUT2D eigenvalue weighted by atomic mass is 10.4. The summed E-state index contributed by atoms with van der Waals surface area (Å²) in [4.78, 5) is 6.63. The van der Waals surface area contributed by atoms with Gasteiger partial charge in [-0.25, -0.2) is 4.98 Å². The molecule has 4 heteroatoms. The molecule has 0 bridgehead atoms. The Hall–Kier alpha value is -0.870. The summed E-state index contributed by atoms with van der Waals surface area (Å²) in [5.74, 6) is 1.10. The van der Waals surface area contributed by atoms with Crippen molar-refractivity contribution in [2.75, 3.05) is 32.8 Å². The van der Waals surface area contributed by atoms with Crippen LogP contribution in [-0.4, -0.2) is 47.3 Å². The SMILES string of the molecule is Cc1nccn1CCN1CCOCC1. The summed E-state index contributed by atoms with van der Waals surface area (Å²) in [7, 11) is 0. The van der Waals surface area contributed by atoms with Crippen molar-refractivity contribution in [2.45, 2.75) is 13.5 Å². The van der Waals surface area contributed by atoms with E-state index >= 15 is 0 Å². The molecule has 0 N–H and O–H groups in total. The zero-order valence-electron chi connectivity index (χ0n) is 8.65. The topological polar surface area (TPSA) is 30.3 Å². The molecule has 14 heavy (non-hydrogen) atoms. The van der Waals surface area contributed by atoms with Crippen LogP contribution in [0, 0.1) is 6.92 Å². The quantitative estimate of drug-likeness (QED) is 0.704. The zero-order valence-corrected chi connectivity index (χ0v) is 8.65. The summed E-state index contributed by atoms with van der Waals surface area (Å²) in [6.45, 7) is 8.05. The molecule has 0 spiro atoms. The van der Waals surface area contributed by atoms with E-state index in [0.717, 1.165) is 45.2 Å². The maximum atomic E-state index is 5.30. The van der Waals surface area contributed by atoms with Crippen LogP contribution in [0.1, 0.15) is 5.82 Å². The fraction of sp³-hybridized carbons (Fsp3) is 0.700. The van der Waals surface area contributed by atoms with Gasteiger partial charge in [0, 0.05) is 38.6 Å². The van der Waals surface area contributed by atoms with Gasteiger partial charge in [0.1, 0.15) is 5.82 Å². The van der Waals surface area contributed by atoms with E-state index in [0.29, 0.717) is 0 Å². The monoisotopic (exact) mass is 195 g/mol. The average molecular weight is 195 g/mol. The molecule has 1 aromatic heterocycles. The van der Waals surface area contributed by atoms with Gasteiger partial charge < -0.3 is 9.30 Å². The molecule has 0 saturated carbocycles. The van der Waals surface area contributed by atoms with Crippen LogP contribution in [0.4, 0.5) is 0 Å². The molecule has 1 aliphatic heterocycles. The molecule has 1 aliphatic rings. The summed E-state index contributed by atoms with van der Waals surface area (Å²) < 4.78 is 7.49. The molecular weight excluding hydrogens is 178 g/mol. The van der Waals surface area contributed by atoms with E-state index in [1.165, 1.54) is 0 Å². The third-order valence-electron chi connectivity index (χ3n) is 2.68. The Bertz CT molecular complexity index is 279. The summed E-state index contributed by atoms with van der Waals surface area (Å²) in [5, 5.41) is 0. The summed E-state index contributed by atoms with van der Waals surface area (Å²) >= 11 is 0. The average Bonchev–Trinajstić information content (AvgIpc) is 2.63. The van der Waals surface area contributed by atoms with Gasteiger partial charge in [-0.2, -0.15) is 0 Å². The molecule has 4 nitrogen and oxygen atoms in total. The van der Waals surface area contributed by atoms with Crippen molar-refractivity contribution in [1.29, 1.82) is 0 Å². The second kappa shape index (κ2) is 4.57. The van der Waals surface area contributed by atoms with Crippen molar-refractivity contribution in [3.63, 3.8) is 0 Å². The van der Waals surface area contributed by atoms with Crippen LogP contribution < -0.4 is 0 Å². The Kier molecular flexibility index (Phi) is 3.16. The van der Waals surface area contributed by atoms with Crippen molar-refractivity contribution in [1.82, 2.24) is 14.5 Å². The fourth-order valence-corrected chi connectivity index (χ4v) is 1.71. The number of imidazole rings is 1. The molecule has 0 aliphatic carbocycles. The number of hydrogen-bond acceptors (Lipinski definition) is 3. The van der Waals surface area contributed by atoms with Crippen LogP contribution in [0.3, 0.4) is 0 Å². The number of nitrogens with zero attached hydrogens (tertiary/aromatic N) is 3. The van der Waals surface area contributed by atoms with Gasteiger partial charge in [-0.05, 0) is 6.92 Å². The Morgan fingerprint density at radius 1 is 1.36 bits per heavy atom. The van der Waals surface area contributed by atoms with Crippen LogP contribution in [0.2, 0.25) is 0 Å². The number of rotatable bonds is 3. The third kappa shape index (κ3) is 2.33. The third-order valence-corrected chi connectivity index (χ3v) is 2.68. The van der Waals surface area contributed by atoms with Crippen LogP contribution in [0.5, 0.6) is 0 Å². The van der Waals surface area contributed by atoms with Crippen molar-refractivity contribution in [3.8, 4) is 0 Å². The second-order valence-corrected chi connectivity index (χ2v) is 3.62. The van der Waals surface area contributed by atoms with E-state index in [1.807, 2.05) is 19.3 Å². The van der Waals surface area contributed by atoms with Gasteiger partial charge in [0.25, 0.3) is 0 Å². The highest BCUT2D eigenvalue weighted by Crippen LogP contribution is 1.99. The highest BCUT2D eigenvalue weighted by molar-refractivity contribution is 4.88. The first-order chi connectivity index (χ1) is 6.86. The first-order valence-electron chi connectivity index (χ1n) is 5.14. The number of aryl methyl sites for hydroxylation is 1. The van der Waals surface area contributed by atoms with Crippen LogP contribution in [0.25, 0.3) is 0 Å². The van der Waals surface area contributed by atoms with Crippen molar-refractivity contribution >= 4 is 0 Å². The molecule has 1 saturated heterocycles. The Balaban J connectivity index is 1.79. The lowest BCUT2D eigenvalue weighted by Gasteiger charge is -2.26. The Morgan fingerprint density at radius 2 is 2.14 bits per heavy atom. The molecule has 0 aromatic carbocycles. The minimum atomic E-state index is 0.878. The van der Waals surface area contributed by atoms with E-state index in [2.05, 4.69) is 14.5 Å². The number of morpholine rings is 1. The Labute approximate surface area is 84.5 Å². The molecule has 0 radical (unpaired) electrons. The van der Waals surface area contributed by atoms with E-state index in [1.54, 1.807) is 0 Å². The van der Waals surface area contributed by atoms with E-state index in [-0.39, 0.29) is 0 Å². The van der Waals surface area contributed by atoms with E-state index < -0.39 is 0 Å². The van der Waals surface area contributed by atoms with Gasteiger partial charge in [0.15, 0.2) is 0 Å². The van der Waals surface area contributed by atoms with Gasteiger partial charge in [-0.15, -0.1) is 0 Å². The normalized spacial score (nSPS) is 18.6. The zero-order chi connectivity index (χ0) is 9.80. The first-order valence-corrected chi connectivity index (χ1v) is 5.14. The van der Waals surface area contributed by atoms with Crippen molar-refractivity contribution < 1.29 is 4.74 Å². The molecule has 0 atom stereocenters. The van der Waals surface area contributed by atoms with E-state index in [4.69, 9.17) is 4.74 Å². The molecule has 78 valence electrons. The molecule has 1 aromatic rings. The summed E-state index contributed by atoms with van der Waals surface area (Å²) in [5.41, 5.74) is 0. The fourth-order valence-electron chi connectivity index (χ4n) is 1.71. The minimum Gasteiger partial charge on any atom is -0.379 e. The van der Waals surface area contributed by atoms with Gasteiger partial charge >= 0.3 is 0 Å². The smallest absolute Gasteiger partial charge is 0.105 e. The minimum absolute atomic E-state index is 0.878.